The molecule has 0 saturated heterocycles. The lowest BCUT2D eigenvalue weighted by molar-refractivity contribution is 0.394. The molecule has 90 valence electrons. The molecule has 0 aliphatic rings. The van der Waals surface area contributed by atoms with E-state index in [-0.39, 0.29) is 0 Å². The average molecular weight is 231 g/mol. The highest BCUT2D eigenvalue weighted by molar-refractivity contribution is 7.80. The van der Waals surface area contributed by atoms with Crippen molar-refractivity contribution in [3.63, 3.8) is 0 Å². The van der Waals surface area contributed by atoms with Gasteiger partial charge in [-0.05, 0) is 51.6 Å². The number of hydrogen-bond acceptors (Lipinski definition) is 2. The lowest BCUT2D eigenvalue weighted by atomic mass is 10.2. The molecule has 0 saturated carbocycles. The largest absolute Gasteiger partial charge is 0.363 e. The molecular formula is C11H25N3S. The lowest BCUT2D eigenvalue weighted by Crippen LogP contribution is -2.37. The average Bonchev–Trinajstić information content (AvgIpc) is 2.13. The first kappa shape index (κ1) is 14.6. The third kappa shape index (κ3) is 11.6. The van der Waals surface area contributed by atoms with Crippen LogP contribution in [0, 0.1) is 5.92 Å². The molecule has 0 rings (SSSR count). The van der Waals surface area contributed by atoms with Crippen molar-refractivity contribution in [3.8, 4) is 0 Å². The van der Waals surface area contributed by atoms with E-state index in [9.17, 15) is 0 Å². The first-order valence-electron chi connectivity index (χ1n) is 5.68. The SMILES string of the molecule is CC(C)CNC(=S)NCCCCN(C)C. The molecule has 0 aromatic heterocycles. The third-order valence-electron chi connectivity index (χ3n) is 1.99. The number of hydrogen-bond donors (Lipinski definition) is 2. The summed E-state index contributed by atoms with van der Waals surface area (Å²) >= 11 is 5.14. The summed E-state index contributed by atoms with van der Waals surface area (Å²) in [6.07, 6.45) is 2.38. The number of nitrogens with zero attached hydrogens (tertiary/aromatic N) is 1. The Labute approximate surface area is 99.6 Å². The Kier molecular flexibility index (Phi) is 8.71. The summed E-state index contributed by atoms with van der Waals surface area (Å²) < 4.78 is 0. The lowest BCUT2D eigenvalue weighted by Gasteiger charge is -2.13. The Hall–Kier alpha value is -0.350. The van der Waals surface area contributed by atoms with Crippen LogP contribution in [-0.4, -0.2) is 43.7 Å². The fourth-order valence-electron chi connectivity index (χ4n) is 1.11. The second kappa shape index (κ2) is 8.92. The summed E-state index contributed by atoms with van der Waals surface area (Å²) in [5.74, 6) is 0.637. The maximum atomic E-state index is 5.14. The van der Waals surface area contributed by atoms with Gasteiger partial charge in [-0.25, -0.2) is 0 Å². The first-order chi connectivity index (χ1) is 7.02. The molecule has 4 heteroatoms. The zero-order valence-electron chi connectivity index (χ0n) is 10.5. The van der Waals surface area contributed by atoms with Gasteiger partial charge in [-0.15, -0.1) is 0 Å². The van der Waals surface area contributed by atoms with Gasteiger partial charge in [0.25, 0.3) is 0 Å². The van der Waals surface area contributed by atoms with Crippen LogP contribution in [0.1, 0.15) is 26.7 Å². The van der Waals surface area contributed by atoms with Crippen molar-refractivity contribution in [1.82, 2.24) is 15.5 Å². The Bertz CT molecular complexity index is 169. The Morgan fingerprint density at radius 2 is 1.87 bits per heavy atom. The smallest absolute Gasteiger partial charge is 0.166 e. The van der Waals surface area contributed by atoms with Crippen LogP contribution in [0.4, 0.5) is 0 Å². The Balaban J connectivity index is 3.24. The van der Waals surface area contributed by atoms with E-state index in [1.807, 2.05) is 0 Å². The maximum Gasteiger partial charge on any atom is 0.166 e. The molecular weight excluding hydrogens is 206 g/mol. The minimum atomic E-state index is 0.637. The van der Waals surface area contributed by atoms with Crippen LogP contribution in [0.2, 0.25) is 0 Å². The summed E-state index contributed by atoms with van der Waals surface area (Å²) in [6, 6.07) is 0. The molecule has 2 N–H and O–H groups in total. The summed E-state index contributed by atoms with van der Waals surface area (Å²) in [5, 5.41) is 7.19. The van der Waals surface area contributed by atoms with E-state index in [1.54, 1.807) is 0 Å². The van der Waals surface area contributed by atoms with E-state index in [4.69, 9.17) is 12.2 Å². The van der Waals surface area contributed by atoms with E-state index >= 15 is 0 Å². The topological polar surface area (TPSA) is 27.3 Å². The van der Waals surface area contributed by atoms with E-state index in [2.05, 4.69) is 43.5 Å². The maximum absolute atomic E-state index is 5.14. The van der Waals surface area contributed by atoms with E-state index in [0.717, 1.165) is 24.7 Å². The van der Waals surface area contributed by atoms with E-state index in [0.29, 0.717) is 5.92 Å². The molecule has 0 fully saturated rings. The number of rotatable bonds is 7. The van der Waals surface area contributed by atoms with Crippen LogP contribution < -0.4 is 10.6 Å². The van der Waals surface area contributed by atoms with Crippen molar-refractivity contribution in [1.29, 1.82) is 0 Å². The van der Waals surface area contributed by atoms with Crippen molar-refractivity contribution in [2.75, 3.05) is 33.7 Å². The molecule has 0 radical (unpaired) electrons. The van der Waals surface area contributed by atoms with Crippen LogP contribution in [0.3, 0.4) is 0 Å². The van der Waals surface area contributed by atoms with Gasteiger partial charge >= 0.3 is 0 Å². The van der Waals surface area contributed by atoms with Gasteiger partial charge in [-0.3, -0.25) is 0 Å². The van der Waals surface area contributed by atoms with Gasteiger partial charge in [0.2, 0.25) is 0 Å². The quantitative estimate of drug-likeness (QED) is 0.512. The molecule has 0 aliphatic heterocycles. The predicted molar refractivity (Wildman–Crippen MR) is 71.2 cm³/mol. The third-order valence-corrected chi connectivity index (χ3v) is 2.28. The molecule has 0 aromatic rings. The Morgan fingerprint density at radius 1 is 1.20 bits per heavy atom. The van der Waals surface area contributed by atoms with Crippen molar-refractivity contribution < 1.29 is 0 Å². The summed E-state index contributed by atoms with van der Waals surface area (Å²) in [6.45, 7) is 7.41. The van der Waals surface area contributed by atoms with Crippen LogP contribution >= 0.6 is 12.2 Å². The van der Waals surface area contributed by atoms with Gasteiger partial charge in [0.1, 0.15) is 0 Å². The van der Waals surface area contributed by atoms with Crippen LogP contribution in [0.15, 0.2) is 0 Å². The number of unbranched alkanes of at least 4 members (excludes halogenated alkanes) is 1. The van der Waals surface area contributed by atoms with Crippen LogP contribution in [-0.2, 0) is 0 Å². The highest BCUT2D eigenvalue weighted by Gasteiger charge is 1.97. The zero-order chi connectivity index (χ0) is 11.7. The van der Waals surface area contributed by atoms with E-state index < -0.39 is 0 Å². The summed E-state index contributed by atoms with van der Waals surface area (Å²) in [5.41, 5.74) is 0. The Morgan fingerprint density at radius 3 is 2.40 bits per heavy atom. The molecule has 0 bridgehead atoms. The summed E-state index contributed by atoms with van der Waals surface area (Å²) in [4.78, 5) is 2.20. The molecule has 15 heavy (non-hydrogen) atoms. The minimum absolute atomic E-state index is 0.637. The standard InChI is InChI=1S/C11H25N3S/c1-10(2)9-13-11(15)12-7-5-6-8-14(3)4/h10H,5-9H2,1-4H3,(H2,12,13,15). The molecule has 0 heterocycles. The second-order valence-corrected chi connectivity index (χ2v) is 4.95. The van der Waals surface area contributed by atoms with Gasteiger partial charge in [0, 0.05) is 13.1 Å². The van der Waals surface area contributed by atoms with Crippen molar-refractivity contribution >= 4 is 17.3 Å². The highest BCUT2D eigenvalue weighted by atomic mass is 32.1. The fourth-order valence-corrected chi connectivity index (χ4v) is 1.30. The van der Waals surface area contributed by atoms with Crippen molar-refractivity contribution in [2.24, 2.45) is 5.92 Å². The highest BCUT2D eigenvalue weighted by Crippen LogP contribution is 1.89. The van der Waals surface area contributed by atoms with Gasteiger partial charge in [0.15, 0.2) is 5.11 Å². The molecule has 0 aliphatic carbocycles. The second-order valence-electron chi connectivity index (χ2n) is 4.54. The predicted octanol–water partition coefficient (Wildman–Crippen LogP) is 1.45. The van der Waals surface area contributed by atoms with Crippen LogP contribution in [0.25, 0.3) is 0 Å². The van der Waals surface area contributed by atoms with Gasteiger partial charge in [0.05, 0.1) is 0 Å². The van der Waals surface area contributed by atoms with Crippen LogP contribution in [0.5, 0.6) is 0 Å². The van der Waals surface area contributed by atoms with Gasteiger partial charge < -0.3 is 15.5 Å². The van der Waals surface area contributed by atoms with E-state index in [1.165, 1.54) is 12.8 Å². The van der Waals surface area contributed by atoms with Crippen molar-refractivity contribution in [2.45, 2.75) is 26.7 Å². The fraction of sp³-hybridized carbons (Fsp3) is 0.909. The van der Waals surface area contributed by atoms with Crippen molar-refractivity contribution in [3.05, 3.63) is 0 Å². The molecule has 0 spiro atoms. The number of nitrogens with one attached hydrogen (secondary N) is 2. The molecule has 0 aromatic carbocycles. The first-order valence-corrected chi connectivity index (χ1v) is 6.09. The number of thiocarbonyl (C=S) groups is 1. The molecule has 3 nitrogen and oxygen atoms in total. The molecule has 0 amide bonds. The monoisotopic (exact) mass is 231 g/mol. The molecule has 0 unspecified atom stereocenters. The normalized spacial score (nSPS) is 10.8. The van der Waals surface area contributed by atoms with Gasteiger partial charge in [-0.2, -0.15) is 0 Å². The minimum Gasteiger partial charge on any atom is -0.363 e. The van der Waals surface area contributed by atoms with Gasteiger partial charge in [-0.1, -0.05) is 13.8 Å². The zero-order valence-corrected chi connectivity index (χ0v) is 11.3. The molecule has 0 atom stereocenters. The summed E-state index contributed by atoms with van der Waals surface area (Å²) in [7, 11) is 4.20.